The summed E-state index contributed by atoms with van der Waals surface area (Å²) >= 11 is 1.87. The molecule has 2 atom stereocenters. The maximum absolute atomic E-state index is 11.0. The zero-order chi connectivity index (χ0) is 14.5. The molecule has 0 saturated heterocycles. The van der Waals surface area contributed by atoms with Gasteiger partial charge in [0.25, 0.3) is 5.69 Å². The van der Waals surface area contributed by atoms with E-state index in [0.29, 0.717) is 11.3 Å². The molecular formula is C14H21N3O2S. The van der Waals surface area contributed by atoms with Crippen LogP contribution in [-0.4, -0.2) is 29.0 Å². The third-order valence-electron chi connectivity index (χ3n) is 3.62. The lowest BCUT2D eigenvalue weighted by Crippen LogP contribution is -2.25. The summed E-state index contributed by atoms with van der Waals surface area (Å²) in [5.41, 5.74) is 1.76. The highest BCUT2D eigenvalue weighted by Crippen LogP contribution is 2.32. The smallest absolute Gasteiger partial charge is 0.273 e. The van der Waals surface area contributed by atoms with Crippen molar-refractivity contribution in [3.8, 4) is 0 Å². The van der Waals surface area contributed by atoms with Gasteiger partial charge in [0, 0.05) is 41.3 Å². The molecule has 1 saturated carbocycles. The Morgan fingerprint density at radius 3 is 2.75 bits per heavy atom. The summed E-state index contributed by atoms with van der Waals surface area (Å²) in [6.07, 6.45) is 5.69. The first kappa shape index (κ1) is 15.0. The van der Waals surface area contributed by atoms with Crippen molar-refractivity contribution in [2.45, 2.75) is 37.5 Å². The van der Waals surface area contributed by atoms with Crippen LogP contribution in [0.2, 0.25) is 0 Å². The van der Waals surface area contributed by atoms with Crippen LogP contribution in [0.25, 0.3) is 0 Å². The van der Waals surface area contributed by atoms with Crippen molar-refractivity contribution in [1.82, 2.24) is 0 Å². The highest BCUT2D eigenvalue weighted by molar-refractivity contribution is 7.99. The molecule has 2 N–H and O–H groups in total. The predicted octanol–water partition coefficient (Wildman–Crippen LogP) is 3.72. The number of anilines is 2. The molecule has 6 heteroatoms. The second kappa shape index (κ2) is 6.83. The van der Waals surface area contributed by atoms with E-state index < -0.39 is 0 Å². The number of nitro groups is 1. The molecule has 0 heterocycles. The molecule has 1 aliphatic rings. The lowest BCUT2D eigenvalue weighted by atomic mass is 10.2. The molecule has 0 amide bonds. The summed E-state index contributed by atoms with van der Waals surface area (Å²) in [4.78, 5) is 10.7. The van der Waals surface area contributed by atoms with Gasteiger partial charge < -0.3 is 10.6 Å². The molecule has 2 rings (SSSR count). The van der Waals surface area contributed by atoms with Crippen molar-refractivity contribution in [2.75, 3.05) is 23.4 Å². The predicted molar refractivity (Wildman–Crippen MR) is 85.8 cm³/mol. The SMILES string of the molecule is CCNc1cc(NC2CCCC2SC)cc([N+](=O)[O-])c1. The first-order valence-corrected chi connectivity index (χ1v) is 8.25. The van der Waals surface area contributed by atoms with Gasteiger partial charge in [0.1, 0.15) is 0 Å². The van der Waals surface area contributed by atoms with Gasteiger partial charge in [0.15, 0.2) is 0 Å². The Hall–Kier alpha value is -1.43. The summed E-state index contributed by atoms with van der Waals surface area (Å²) in [7, 11) is 0. The minimum absolute atomic E-state index is 0.129. The summed E-state index contributed by atoms with van der Waals surface area (Å²) in [5, 5.41) is 18.2. The Labute approximate surface area is 123 Å². The van der Waals surface area contributed by atoms with E-state index in [1.54, 1.807) is 12.1 Å². The lowest BCUT2D eigenvalue weighted by molar-refractivity contribution is -0.384. The van der Waals surface area contributed by atoms with Crippen LogP contribution in [0.3, 0.4) is 0 Å². The number of nitrogens with one attached hydrogen (secondary N) is 2. The van der Waals surface area contributed by atoms with Crippen LogP contribution in [0.5, 0.6) is 0 Å². The molecule has 1 aromatic rings. The molecule has 5 nitrogen and oxygen atoms in total. The van der Waals surface area contributed by atoms with E-state index in [-0.39, 0.29) is 10.6 Å². The molecule has 1 aliphatic carbocycles. The Balaban J connectivity index is 2.19. The van der Waals surface area contributed by atoms with E-state index in [4.69, 9.17) is 0 Å². The van der Waals surface area contributed by atoms with Gasteiger partial charge in [-0.1, -0.05) is 6.42 Å². The van der Waals surface area contributed by atoms with Crippen molar-refractivity contribution in [3.63, 3.8) is 0 Å². The zero-order valence-electron chi connectivity index (χ0n) is 11.9. The van der Waals surface area contributed by atoms with Crippen LogP contribution in [-0.2, 0) is 0 Å². The van der Waals surface area contributed by atoms with E-state index in [2.05, 4.69) is 16.9 Å². The number of thioether (sulfide) groups is 1. The number of non-ortho nitro benzene ring substituents is 1. The largest absolute Gasteiger partial charge is 0.385 e. The molecule has 0 aliphatic heterocycles. The van der Waals surface area contributed by atoms with Crippen molar-refractivity contribution in [3.05, 3.63) is 28.3 Å². The molecular weight excluding hydrogens is 274 g/mol. The Kier molecular flexibility index (Phi) is 5.11. The van der Waals surface area contributed by atoms with Crippen molar-refractivity contribution >= 4 is 28.8 Å². The summed E-state index contributed by atoms with van der Waals surface area (Å²) < 4.78 is 0. The monoisotopic (exact) mass is 295 g/mol. The highest BCUT2D eigenvalue weighted by atomic mass is 32.2. The molecule has 2 unspecified atom stereocenters. The standard InChI is InChI=1S/C14H21N3O2S/c1-3-15-10-7-11(9-12(8-10)17(18)19)16-13-5-4-6-14(13)20-2/h7-9,13-16H,3-6H2,1-2H3. The van der Waals surface area contributed by atoms with Gasteiger partial charge in [0.2, 0.25) is 0 Å². The van der Waals surface area contributed by atoms with E-state index >= 15 is 0 Å². The Morgan fingerprint density at radius 1 is 1.35 bits per heavy atom. The van der Waals surface area contributed by atoms with Gasteiger partial charge in [-0.3, -0.25) is 10.1 Å². The van der Waals surface area contributed by atoms with Gasteiger partial charge >= 0.3 is 0 Å². The maximum Gasteiger partial charge on any atom is 0.273 e. The average Bonchev–Trinajstić information content (AvgIpc) is 2.86. The molecule has 0 radical (unpaired) electrons. The van der Waals surface area contributed by atoms with Crippen LogP contribution < -0.4 is 10.6 Å². The van der Waals surface area contributed by atoms with Gasteiger partial charge in [-0.2, -0.15) is 11.8 Å². The van der Waals surface area contributed by atoms with Gasteiger partial charge in [-0.15, -0.1) is 0 Å². The fourth-order valence-corrected chi connectivity index (χ4v) is 3.63. The van der Waals surface area contributed by atoms with Crippen LogP contribution in [0.1, 0.15) is 26.2 Å². The number of hydrogen-bond donors (Lipinski definition) is 2. The first-order valence-electron chi connectivity index (χ1n) is 6.96. The molecule has 20 heavy (non-hydrogen) atoms. The first-order chi connectivity index (χ1) is 9.63. The van der Waals surface area contributed by atoms with Crippen molar-refractivity contribution in [2.24, 2.45) is 0 Å². The van der Waals surface area contributed by atoms with Crippen molar-refractivity contribution in [1.29, 1.82) is 0 Å². The molecule has 1 fully saturated rings. The maximum atomic E-state index is 11.0. The number of hydrogen-bond acceptors (Lipinski definition) is 5. The minimum Gasteiger partial charge on any atom is -0.385 e. The summed E-state index contributed by atoms with van der Waals surface area (Å²) in [6, 6.07) is 5.56. The normalized spacial score (nSPS) is 21.7. The second-order valence-corrected chi connectivity index (χ2v) is 6.09. The molecule has 110 valence electrons. The van der Waals surface area contributed by atoms with Gasteiger partial charge in [-0.05, 0) is 32.1 Å². The molecule has 1 aromatic carbocycles. The fraction of sp³-hybridized carbons (Fsp3) is 0.571. The molecule has 0 bridgehead atoms. The number of rotatable bonds is 6. The summed E-state index contributed by atoms with van der Waals surface area (Å²) in [6.45, 7) is 2.73. The number of nitrogens with zero attached hydrogens (tertiary/aromatic N) is 1. The fourth-order valence-electron chi connectivity index (χ4n) is 2.69. The van der Waals surface area contributed by atoms with Crippen LogP contribution in [0.15, 0.2) is 18.2 Å². The Bertz CT molecular complexity index is 481. The van der Waals surface area contributed by atoms with Crippen LogP contribution >= 0.6 is 11.8 Å². The third kappa shape index (κ3) is 3.56. The second-order valence-electron chi connectivity index (χ2n) is 5.01. The molecule has 0 spiro atoms. The minimum atomic E-state index is -0.341. The van der Waals surface area contributed by atoms with Crippen LogP contribution in [0, 0.1) is 10.1 Å². The zero-order valence-corrected chi connectivity index (χ0v) is 12.7. The molecule has 0 aromatic heterocycles. The van der Waals surface area contributed by atoms with E-state index in [1.807, 2.05) is 24.8 Å². The number of nitro benzene ring substituents is 1. The van der Waals surface area contributed by atoms with Gasteiger partial charge in [-0.25, -0.2) is 0 Å². The average molecular weight is 295 g/mol. The van der Waals surface area contributed by atoms with Gasteiger partial charge in [0.05, 0.1) is 4.92 Å². The quantitative estimate of drug-likeness (QED) is 0.618. The van der Waals surface area contributed by atoms with E-state index in [0.717, 1.165) is 24.3 Å². The van der Waals surface area contributed by atoms with E-state index in [9.17, 15) is 10.1 Å². The number of benzene rings is 1. The lowest BCUT2D eigenvalue weighted by Gasteiger charge is -2.20. The topological polar surface area (TPSA) is 67.2 Å². The summed E-state index contributed by atoms with van der Waals surface area (Å²) in [5.74, 6) is 0. The Morgan fingerprint density at radius 2 is 2.10 bits per heavy atom. The third-order valence-corrected chi connectivity index (χ3v) is 4.79. The van der Waals surface area contributed by atoms with E-state index in [1.165, 1.54) is 12.8 Å². The van der Waals surface area contributed by atoms with Crippen LogP contribution in [0.4, 0.5) is 17.1 Å². The van der Waals surface area contributed by atoms with Crippen molar-refractivity contribution < 1.29 is 4.92 Å². The highest BCUT2D eigenvalue weighted by Gasteiger charge is 2.26.